The molecule has 0 saturated heterocycles. The van der Waals surface area contributed by atoms with Gasteiger partial charge in [0.05, 0.1) is 23.3 Å². The van der Waals surface area contributed by atoms with E-state index in [0.717, 1.165) is 6.07 Å². The number of esters is 1. The Morgan fingerprint density at radius 3 is 2.79 bits per heavy atom. The van der Waals surface area contributed by atoms with Crippen molar-refractivity contribution in [2.45, 2.75) is 19.6 Å². The van der Waals surface area contributed by atoms with Gasteiger partial charge in [-0.15, -0.1) is 0 Å². The first-order chi connectivity index (χ1) is 11.4. The normalized spacial score (nSPS) is 11.5. The summed E-state index contributed by atoms with van der Waals surface area (Å²) in [4.78, 5) is 34.0. The molecule has 126 valence electrons. The third-order valence-corrected chi connectivity index (χ3v) is 3.13. The van der Waals surface area contributed by atoms with Crippen molar-refractivity contribution >= 4 is 23.3 Å². The van der Waals surface area contributed by atoms with E-state index in [1.165, 1.54) is 25.3 Å². The number of carbonyl (C=O) groups is 2. The number of hydrogen-bond acceptors (Lipinski definition) is 7. The van der Waals surface area contributed by atoms with Gasteiger partial charge in [0, 0.05) is 6.07 Å². The van der Waals surface area contributed by atoms with E-state index in [9.17, 15) is 19.7 Å². The molecule has 1 amide bonds. The number of benzene rings is 1. The molecule has 3 N–H and O–H groups in total. The largest absolute Gasteiger partial charge is 0.467 e. The van der Waals surface area contributed by atoms with Gasteiger partial charge in [0.1, 0.15) is 11.4 Å². The molecule has 1 heterocycles. The summed E-state index contributed by atoms with van der Waals surface area (Å²) >= 11 is 0. The highest BCUT2D eigenvalue weighted by molar-refractivity contribution is 5.93. The number of nitrogens with two attached hydrogens (primary N) is 1. The molecule has 1 aromatic carbocycles. The first-order valence-electron chi connectivity index (χ1n) is 6.93. The Hall–Kier alpha value is -3.36. The number of nitro benzene ring substituents is 1. The van der Waals surface area contributed by atoms with Gasteiger partial charge in [-0.2, -0.15) is 0 Å². The number of nitrogens with one attached hydrogen (secondary N) is 1. The molecule has 0 spiro atoms. The maximum absolute atomic E-state index is 12.0. The van der Waals surface area contributed by atoms with Crippen molar-refractivity contribution in [2.75, 3.05) is 5.73 Å². The summed E-state index contributed by atoms with van der Waals surface area (Å²) in [6.45, 7) is 1.54. The van der Waals surface area contributed by atoms with Gasteiger partial charge in [0.2, 0.25) is 0 Å². The molecule has 1 aromatic heterocycles. The first-order valence-corrected chi connectivity index (χ1v) is 6.93. The van der Waals surface area contributed by atoms with Crippen molar-refractivity contribution in [2.24, 2.45) is 0 Å². The van der Waals surface area contributed by atoms with E-state index in [0.29, 0.717) is 5.76 Å². The van der Waals surface area contributed by atoms with Crippen molar-refractivity contribution in [3.05, 3.63) is 58.0 Å². The Kier molecular flexibility index (Phi) is 5.15. The molecular weight excluding hydrogens is 318 g/mol. The van der Waals surface area contributed by atoms with Gasteiger partial charge >= 0.3 is 5.97 Å². The highest BCUT2D eigenvalue weighted by Gasteiger charge is 2.21. The fraction of sp³-hybridized carbons (Fsp3) is 0.200. The molecule has 0 bridgehead atoms. The second-order valence-corrected chi connectivity index (χ2v) is 4.88. The lowest BCUT2D eigenvalue weighted by molar-refractivity contribution is -0.383. The summed E-state index contributed by atoms with van der Waals surface area (Å²) in [7, 11) is 0. The van der Waals surface area contributed by atoms with E-state index in [1.807, 2.05) is 0 Å². The number of carbonyl (C=O) groups excluding carboxylic acids is 2. The fourth-order valence-corrected chi connectivity index (χ4v) is 1.84. The molecule has 0 unspecified atom stereocenters. The number of nitro groups is 1. The molecule has 2 rings (SSSR count). The summed E-state index contributed by atoms with van der Waals surface area (Å²) in [5.41, 5.74) is 4.92. The highest BCUT2D eigenvalue weighted by atomic mass is 16.6. The topological polar surface area (TPSA) is 138 Å². The predicted molar refractivity (Wildman–Crippen MR) is 82.9 cm³/mol. The van der Waals surface area contributed by atoms with Crippen molar-refractivity contribution in [3.8, 4) is 0 Å². The Balaban J connectivity index is 1.96. The predicted octanol–water partition coefficient (Wildman–Crippen LogP) is 1.63. The number of nitrogens with zero attached hydrogens (tertiary/aromatic N) is 1. The smallest absolute Gasteiger partial charge is 0.339 e. The Bertz CT molecular complexity index is 757. The number of ether oxygens (including phenoxy) is 1. The minimum Gasteiger partial charge on any atom is -0.467 e. The number of nitrogen functional groups attached to an aromatic ring is 1. The van der Waals surface area contributed by atoms with Gasteiger partial charge in [-0.3, -0.25) is 14.9 Å². The molecule has 2 aromatic rings. The summed E-state index contributed by atoms with van der Waals surface area (Å²) in [5, 5.41) is 13.4. The van der Waals surface area contributed by atoms with Gasteiger partial charge in [-0.1, -0.05) is 0 Å². The van der Waals surface area contributed by atoms with Crippen LogP contribution in [-0.2, 0) is 16.1 Å². The van der Waals surface area contributed by atoms with Crippen molar-refractivity contribution in [3.63, 3.8) is 0 Å². The average Bonchev–Trinajstić information content (AvgIpc) is 3.05. The summed E-state index contributed by atoms with van der Waals surface area (Å²) < 4.78 is 10.1. The molecule has 9 nitrogen and oxygen atoms in total. The Morgan fingerprint density at radius 2 is 2.17 bits per heavy atom. The van der Waals surface area contributed by atoms with Crippen LogP contribution in [0.4, 0.5) is 11.4 Å². The first kappa shape index (κ1) is 17.0. The Labute approximate surface area is 136 Å². The van der Waals surface area contributed by atoms with Crippen LogP contribution < -0.4 is 11.1 Å². The van der Waals surface area contributed by atoms with Crippen LogP contribution in [0.25, 0.3) is 0 Å². The van der Waals surface area contributed by atoms with E-state index in [4.69, 9.17) is 14.9 Å². The van der Waals surface area contributed by atoms with Gasteiger partial charge in [0.15, 0.2) is 6.10 Å². The molecule has 0 fully saturated rings. The van der Waals surface area contributed by atoms with Gasteiger partial charge in [-0.05, 0) is 31.2 Å². The SMILES string of the molecule is C[C@H](OC(=O)c1ccc(N)c([N+](=O)[O-])c1)C(=O)NCc1ccco1. The molecule has 0 aliphatic heterocycles. The van der Waals surface area contributed by atoms with Crippen LogP contribution in [0.15, 0.2) is 41.0 Å². The lowest BCUT2D eigenvalue weighted by Crippen LogP contribution is -2.35. The van der Waals surface area contributed by atoms with Gasteiger partial charge in [0.25, 0.3) is 11.6 Å². The van der Waals surface area contributed by atoms with Crippen LogP contribution >= 0.6 is 0 Å². The number of furan rings is 1. The van der Waals surface area contributed by atoms with E-state index in [1.54, 1.807) is 12.1 Å². The molecular formula is C15H15N3O6. The third kappa shape index (κ3) is 4.09. The zero-order chi connectivity index (χ0) is 17.7. The standard InChI is InChI=1S/C15H15N3O6/c1-9(14(19)17-8-11-3-2-6-23-11)24-15(20)10-4-5-12(16)13(7-10)18(21)22/h2-7,9H,8,16H2,1H3,(H,17,19)/t9-/m0/s1. The maximum atomic E-state index is 12.0. The zero-order valence-corrected chi connectivity index (χ0v) is 12.7. The number of amides is 1. The van der Waals surface area contributed by atoms with E-state index < -0.39 is 28.6 Å². The second kappa shape index (κ2) is 7.27. The van der Waals surface area contributed by atoms with Crippen LogP contribution in [0.2, 0.25) is 0 Å². The number of rotatable bonds is 6. The molecule has 24 heavy (non-hydrogen) atoms. The second-order valence-electron chi connectivity index (χ2n) is 4.88. The molecule has 1 atom stereocenters. The van der Waals surface area contributed by atoms with Crippen molar-refractivity contribution in [1.29, 1.82) is 0 Å². The molecule has 0 aliphatic rings. The summed E-state index contributed by atoms with van der Waals surface area (Å²) in [6, 6.07) is 6.89. The molecule has 0 saturated carbocycles. The highest BCUT2D eigenvalue weighted by Crippen LogP contribution is 2.22. The van der Waals surface area contributed by atoms with Crippen LogP contribution in [0.5, 0.6) is 0 Å². The summed E-state index contributed by atoms with van der Waals surface area (Å²) in [5.74, 6) is -0.834. The van der Waals surface area contributed by atoms with Crippen LogP contribution in [-0.4, -0.2) is 22.9 Å². The van der Waals surface area contributed by atoms with E-state index in [2.05, 4.69) is 5.32 Å². The van der Waals surface area contributed by atoms with Crippen molar-refractivity contribution in [1.82, 2.24) is 5.32 Å². The quantitative estimate of drug-likeness (QED) is 0.354. The minimum absolute atomic E-state index is 0.0680. The van der Waals surface area contributed by atoms with Crippen LogP contribution in [0.1, 0.15) is 23.0 Å². The maximum Gasteiger partial charge on any atom is 0.339 e. The van der Waals surface area contributed by atoms with Crippen LogP contribution in [0.3, 0.4) is 0 Å². The van der Waals surface area contributed by atoms with Gasteiger partial charge < -0.3 is 20.2 Å². The van der Waals surface area contributed by atoms with Crippen molar-refractivity contribution < 1.29 is 23.7 Å². The monoisotopic (exact) mass is 333 g/mol. The Morgan fingerprint density at radius 1 is 1.42 bits per heavy atom. The zero-order valence-electron chi connectivity index (χ0n) is 12.7. The molecule has 0 aliphatic carbocycles. The van der Waals surface area contributed by atoms with E-state index >= 15 is 0 Å². The minimum atomic E-state index is -1.08. The average molecular weight is 333 g/mol. The van der Waals surface area contributed by atoms with Gasteiger partial charge in [-0.25, -0.2) is 4.79 Å². The lowest BCUT2D eigenvalue weighted by Gasteiger charge is -2.13. The van der Waals surface area contributed by atoms with E-state index in [-0.39, 0.29) is 17.8 Å². The lowest BCUT2D eigenvalue weighted by atomic mass is 10.2. The number of hydrogen-bond donors (Lipinski definition) is 2. The molecule has 0 radical (unpaired) electrons. The number of anilines is 1. The molecule has 9 heteroatoms. The fourth-order valence-electron chi connectivity index (χ4n) is 1.84. The van der Waals surface area contributed by atoms with Crippen LogP contribution in [0, 0.1) is 10.1 Å². The third-order valence-electron chi connectivity index (χ3n) is 3.13. The summed E-state index contributed by atoms with van der Waals surface area (Å²) in [6.07, 6.45) is 0.392.